The van der Waals surface area contributed by atoms with Crippen molar-refractivity contribution in [3.63, 3.8) is 0 Å². The second kappa shape index (κ2) is 6.87. The third kappa shape index (κ3) is 11.2. The standard InChI is InChI=1S/C10H21F3N2O3S/c1-9(16,8-15(2)3)7-14-19(17,18)6-4-5-10(11,12)13/h14,16H,4-8H2,1-3H3. The lowest BCUT2D eigenvalue weighted by Gasteiger charge is -2.27. The number of likely N-dealkylation sites (N-methyl/N-ethyl adjacent to an activating group) is 1. The van der Waals surface area contributed by atoms with Crippen molar-refractivity contribution in [2.45, 2.75) is 31.5 Å². The predicted octanol–water partition coefficient (Wildman–Crippen LogP) is 0.561. The van der Waals surface area contributed by atoms with Crippen LogP contribution in [0.4, 0.5) is 13.2 Å². The van der Waals surface area contributed by atoms with E-state index in [9.17, 15) is 26.7 Å². The first-order valence-corrected chi connectivity index (χ1v) is 7.39. The number of halogens is 3. The molecule has 5 nitrogen and oxygen atoms in total. The summed E-state index contributed by atoms with van der Waals surface area (Å²) in [6.45, 7) is 1.45. The molecule has 0 aromatic heterocycles. The maximum atomic E-state index is 11.9. The normalized spacial score (nSPS) is 16.6. The van der Waals surface area contributed by atoms with Crippen LogP contribution in [0.15, 0.2) is 0 Å². The van der Waals surface area contributed by atoms with Crippen LogP contribution in [0.2, 0.25) is 0 Å². The van der Waals surface area contributed by atoms with E-state index in [1.165, 1.54) is 6.92 Å². The van der Waals surface area contributed by atoms with Gasteiger partial charge in [-0.05, 0) is 27.4 Å². The second-order valence-corrected chi connectivity index (χ2v) is 7.02. The number of nitrogens with one attached hydrogen (secondary N) is 1. The summed E-state index contributed by atoms with van der Waals surface area (Å²) in [6, 6.07) is 0. The highest BCUT2D eigenvalue weighted by Crippen LogP contribution is 2.21. The van der Waals surface area contributed by atoms with Crippen molar-refractivity contribution in [3.8, 4) is 0 Å². The second-order valence-electron chi connectivity index (χ2n) is 5.09. The van der Waals surface area contributed by atoms with Gasteiger partial charge in [-0.1, -0.05) is 0 Å². The molecule has 0 aromatic rings. The van der Waals surface area contributed by atoms with E-state index >= 15 is 0 Å². The van der Waals surface area contributed by atoms with Gasteiger partial charge in [-0.2, -0.15) is 13.2 Å². The lowest BCUT2D eigenvalue weighted by Crippen LogP contribution is -2.47. The Kier molecular flexibility index (Phi) is 6.73. The molecule has 0 heterocycles. The van der Waals surface area contributed by atoms with Crippen LogP contribution in [0, 0.1) is 0 Å². The van der Waals surface area contributed by atoms with Gasteiger partial charge in [0.1, 0.15) is 0 Å². The minimum atomic E-state index is -4.36. The van der Waals surface area contributed by atoms with Crippen LogP contribution in [-0.2, 0) is 10.0 Å². The number of sulfonamides is 1. The zero-order valence-corrected chi connectivity index (χ0v) is 12.1. The predicted molar refractivity (Wildman–Crippen MR) is 66.3 cm³/mol. The largest absolute Gasteiger partial charge is 0.389 e. The quantitative estimate of drug-likeness (QED) is 0.687. The van der Waals surface area contributed by atoms with E-state index in [0.29, 0.717) is 0 Å². The van der Waals surface area contributed by atoms with Gasteiger partial charge in [0.2, 0.25) is 10.0 Å². The van der Waals surface area contributed by atoms with Gasteiger partial charge in [0.05, 0.1) is 11.4 Å². The summed E-state index contributed by atoms with van der Waals surface area (Å²) in [6.07, 6.45) is -5.98. The fourth-order valence-corrected chi connectivity index (χ4v) is 2.74. The van der Waals surface area contributed by atoms with Crippen LogP contribution >= 0.6 is 0 Å². The molecule has 0 aromatic carbocycles. The van der Waals surface area contributed by atoms with Gasteiger partial charge in [-0.25, -0.2) is 13.1 Å². The Balaban J connectivity index is 4.17. The molecule has 9 heteroatoms. The van der Waals surface area contributed by atoms with E-state index in [1.807, 2.05) is 0 Å². The van der Waals surface area contributed by atoms with Gasteiger partial charge >= 0.3 is 6.18 Å². The third-order valence-corrected chi connectivity index (χ3v) is 3.61. The summed E-state index contributed by atoms with van der Waals surface area (Å²) < 4.78 is 60.7. The molecule has 19 heavy (non-hydrogen) atoms. The highest BCUT2D eigenvalue weighted by molar-refractivity contribution is 7.89. The molecule has 2 N–H and O–H groups in total. The maximum absolute atomic E-state index is 11.9. The lowest BCUT2D eigenvalue weighted by molar-refractivity contribution is -0.134. The number of hydrogen-bond donors (Lipinski definition) is 2. The van der Waals surface area contributed by atoms with Crippen LogP contribution in [0.1, 0.15) is 19.8 Å². The Hall–Kier alpha value is -0.380. The fourth-order valence-electron chi connectivity index (χ4n) is 1.54. The van der Waals surface area contributed by atoms with Gasteiger partial charge < -0.3 is 10.0 Å². The Labute approximate surface area is 111 Å². The number of alkyl halides is 3. The smallest absolute Gasteiger partial charge is 0.387 e. The number of aliphatic hydroxyl groups is 1. The molecule has 0 saturated carbocycles. The zero-order chi connectivity index (χ0) is 15.3. The minimum Gasteiger partial charge on any atom is -0.387 e. The van der Waals surface area contributed by atoms with Crippen molar-refractivity contribution < 1.29 is 26.7 Å². The SMILES string of the molecule is CN(C)CC(C)(O)CNS(=O)(=O)CCCC(F)(F)F. The summed E-state index contributed by atoms with van der Waals surface area (Å²) in [7, 11) is -0.372. The summed E-state index contributed by atoms with van der Waals surface area (Å²) >= 11 is 0. The Bertz CT molecular complexity index is 367. The lowest BCUT2D eigenvalue weighted by atomic mass is 10.1. The fraction of sp³-hybridized carbons (Fsp3) is 1.00. The van der Waals surface area contributed by atoms with Gasteiger partial charge in [0, 0.05) is 19.5 Å². The third-order valence-electron chi connectivity index (χ3n) is 2.20. The van der Waals surface area contributed by atoms with E-state index < -0.39 is 40.4 Å². The molecule has 0 aliphatic heterocycles. The highest BCUT2D eigenvalue weighted by atomic mass is 32.2. The number of rotatable bonds is 8. The monoisotopic (exact) mass is 306 g/mol. The number of nitrogens with zero attached hydrogens (tertiary/aromatic N) is 1. The Morgan fingerprint density at radius 1 is 1.26 bits per heavy atom. The molecule has 0 spiro atoms. The van der Waals surface area contributed by atoms with Gasteiger partial charge in [-0.15, -0.1) is 0 Å². The number of hydrogen-bond acceptors (Lipinski definition) is 4. The van der Waals surface area contributed by atoms with Crippen molar-refractivity contribution in [1.29, 1.82) is 0 Å². The van der Waals surface area contributed by atoms with Gasteiger partial charge in [-0.3, -0.25) is 0 Å². The van der Waals surface area contributed by atoms with Gasteiger partial charge in [0.25, 0.3) is 0 Å². The molecule has 0 radical (unpaired) electrons. The van der Waals surface area contributed by atoms with Crippen molar-refractivity contribution in [3.05, 3.63) is 0 Å². The Morgan fingerprint density at radius 3 is 2.21 bits per heavy atom. The van der Waals surface area contributed by atoms with E-state index in [-0.39, 0.29) is 13.1 Å². The van der Waals surface area contributed by atoms with Crippen LogP contribution in [0.3, 0.4) is 0 Å². The average molecular weight is 306 g/mol. The first-order chi connectivity index (χ1) is 8.33. The summed E-state index contributed by atoms with van der Waals surface area (Å²) in [5, 5.41) is 9.85. The van der Waals surface area contributed by atoms with E-state index in [1.54, 1.807) is 19.0 Å². The maximum Gasteiger partial charge on any atom is 0.389 e. The Morgan fingerprint density at radius 2 is 1.79 bits per heavy atom. The molecule has 1 atom stereocenters. The van der Waals surface area contributed by atoms with E-state index in [2.05, 4.69) is 4.72 Å². The molecule has 0 rings (SSSR count). The molecule has 0 fully saturated rings. The first kappa shape index (κ1) is 18.6. The van der Waals surface area contributed by atoms with Crippen molar-refractivity contribution in [1.82, 2.24) is 9.62 Å². The van der Waals surface area contributed by atoms with Gasteiger partial charge in [0.15, 0.2) is 0 Å². The molecule has 0 aliphatic carbocycles. The van der Waals surface area contributed by atoms with Crippen LogP contribution < -0.4 is 4.72 Å². The molecular formula is C10H21F3N2O3S. The first-order valence-electron chi connectivity index (χ1n) is 5.74. The summed E-state index contributed by atoms with van der Waals surface area (Å²) in [5.41, 5.74) is -1.28. The van der Waals surface area contributed by atoms with Crippen LogP contribution in [0.5, 0.6) is 0 Å². The minimum absolute atomic E-state index is 0.234. The van der Waals surface area contributed by atoms with Crippen LogP contribution in [0.25, 0.3) is 0 Å². The zero-order valence-electron chi connectivity index (χ0n) is 11.3. The molecule has 1 unspecified atom stereocenters. The molecule has 0 amide bonds. The molecule has 0 saturated heterocycles. The molecule has 0 aliphatic rings. The van der Waals surface area contributed by atoms with E-state index in [0.717, 1.165) is 0 Å². The van der Waals surface area contributed by atoms with Crippen molar-refractivity contribution in [2.24, 2.45) is 0 Å². The molecule has 116 valence electrons. The average Bonchev–Trinajstić information content (AvgIpc) is 2.10. The molecular weight excluding hydrogens is 285 g/mol. The highest BCUT2D eigenvalue weighted by Gasteiger charge is 2.28. The molecule has 0 bridgehead atoms. The summed E-state index contributed by atoms with van der Waals surface area (Å²) in [5.74, 6) is -0.607. The van der Waals surface area contributed by atoms with Crippen molar-refractivity contribution in [2.75, 3.05) is 32.9 Å². The van der Waals surface area contributed by atoms with E-state index in [4.69, 9.17) is 0 Å². The van der Waals surface area contributed by atoms with Crippen molar-refractivity contribution >= 4 is 10.0 Å². The topological polar surface area (TPSA) is 69.6 Å². The summed E-state index contributed by atoms with van der Waals surface area (Å²) in [4.78, 5) is 1.68. The van der Waals surface area contributed by atoms with Crippen LogP contribution in [-0.4, -0.2) is 63.1 Å².